The highest BCUT2D eigenvalue weighted by atomic mass is 16.2. The van der Waals surface area contributed by atoms with Crippen LogP contribution in [0.25, 0.3) is 0 Å². The first-order valence-corrected chi connectivity index (χ1v) is 7.17. The maximum atomic E-state index is 11.9. The lowest BCUT2D eigenvalue weighted by Gasteiger charge is -2.12. The molecule has 0 radical (unpaired) electrons. The molecule has 6 nitrogen and oxygen atoms in total. The summed E-state index contributed by atoms with van der Waals surface area (Å²) in [5, 5.41) is 9.42. The van der Waals surface area contributed by atoms with Gasteiger partial charge in [-0.3, -0.25) is 9.89 Å². The minimum Gasteiger partial charge on any atom is -0.355 e. The number of aromatic amines is 1. The number of nitrogens with zero attached hydrogens (tertiary/aromatic N) is 2. The second-order valence-electron chi connectivity index (χ2n) is 4.96. The summed E-state index contributed by atoms with van der Waals surface area (Å²) in [5.74, 6) is 0.737. The molecule has 2 rings (SSSR count). The van der Waals surface area contributed by atoms with Crippen molar-refractivity contribution in [1.82, 2.24) is 20.5 Å². The van der Waals surface area contributed by atoms with Gasteiger partial charge in [-0.15, -0.1) is 0 Å². The molecule has 0 aliphatic rings. The number of nitrogens with one attached hydrogen (secondary N) is 2. The Balaban J connectivity index is 1.61. The molecule has 4 N–H and O–H groups in total. The van der Waals surface area contributed by atoms with E-state index in [1.807, 2.05) is 30.3 Å². The molecule has 1 heterocycles. The average molecular weight is 287 g/mol. The standard InChI is InChI=1S/C15H21N5O/c16-13(9-8-12-5-2-1-3-6-12)15(21)17-10-4-7-14-18-11-19-20-14/h1-3,5-6,11,13H,4,7-10,16H2,(H,17,21)(H,18,19,20). The van der Waals surface area contributed by atoms with E-state index in [4.69, 9.17) is 5.73 Å². The van der Waals surface area contributed by atoms with Gasteiger partial charge in [0.05, 0.1) is 6.04 Å². The number of hydrogen-bond donors (Lipinski definition) is 3. The zero-order valence-electron chi connectivity index (χ0n) is 12.0. The highest BCUT2D eigenvalue weighted by Gasteiger charge is 2.12. The Labute approximate surface area is 124 Å². The largest absolute Gasteiger partial charge is 0.355 e. The van der Waals surface area contributed by atoms with Crippen molar-refractivity contribution >= 4 is 5.91 Å². The molecule has 0 spiro atoms. The third kappa shape index (κ3) is 5.35. The number of H-pyrrole nitrogens is 1. The van der Waals surface area contributed by atoms with E-state index < -0.39 is 6.04 Å². The van der Waals surface area contributed by atoms with Crippen LogP contribution in [0.2, 0.25) is 0 Å². The fourth-order valence-corrected chi connectivity index (χ4v) is 2.05. The van der Waals surface area contributed by atoms with E-state index >= 15 is 0 Å². The molecule has 2 aromatic rings. The lowest BCUT2D eigenvalue weighted by molar-refractivity contribution is -0.122. The lowest BCUT2D eigenvalue weighted by atomic mass is 10.1. The normalized spacial score (nSPS) is 12.0. The molecule has 0 saturated heterocycles. The van der Waals surface area contributed by atoms with Crippen LogP contribution in [0.1, 0.15) is 24.2 Å². The van der Waals surface area contributed by atoms with E-state index in [-0.39, 0.29) is 5.91 Å². The number of benzene rings is 1. The van der Waals surface area contributed by atoms with Gasteiger partial charge in [0.25, 0.3) is 0 Å². The summed E-state index contributed by atoms with van der Waals surface area (Å²) in [4.78, 5) is 15.9. The Bertz CT molecular complexity index is 526. The number of nitrogens with two attached hydrogens (primary N) is 1. The van der Waals surface area contributed by atoms with Gasteiger partial charge in [-0.25, -0.2) is 4.98 Å². The minimum atomic E-state index is -0.463. The van der Waals surface area contributed by atoms with E-state index in [0.29, 0.717) is 13.0 Å². The molecule has 0 fully saturated rings. The summed E-state index contributed by atoms with van der Waals surface area (Å²) in [6.45, 7) is 0.596. The van der Waals surface area contributed by atoms with Crippen molar-refractivity contribution in [3.8, 4) is 0 Å². The van der Waals surface area contributed by atoms with Crippen molar-refractivity contribution in [2.45, 2.75) is 31.7 Å². The van der Waals surface area contributed by atoms with Crippen molar-refractivity contribution in [2.75, 3.05) is 6.54 Å². The third-order valence-electron chi connectivity index (χ3n) is 3.28. The Morgan fingerprint density at radius 1 is 1.29 bits per heavy atom. The minimum absolute atomic E-state index is 0.0940. The SMILES string of the molecule is NC(CCc1ccccc1)C(=O)NCCCc1ncn[nH]1. The molecule has 1 aromatic carbocycles. The summed E-state index contributed by atoms with van der Waals surface area (Å²) >= 11 is 0. The number of carbonyl (C=O) groups excluding carboxylic acids is 1. The van der Waals surface area contributed by atoms with Crippen LogP contribution < -0.4 is 11.1 Å². The third-order valence-corrected chi connectivity index (χ3v) is 3.28. The quantitative estimate of drug-likeness (QED) is 0.626. The second kappa shape index (κ2) is 8.16. The summed E-state index contributed by atoms with van der Waals surface area (Å²) in [6.07, 6.45) is 4.52. The fourth-order valence-electron chi connectivity index (χ4n) is 2.05. The van der Waals surface area contributed by atoms with E-state index in [2.05, 4.69) is 20.5 Å². The Morgan fingerprint density at radius 3 is 2.81 bits per heavy atom. The molecule has 0 saturated carbocycles. The van der Waals surface area contributed by atoms with Gasteiger partial charge in [0.15, 0.2) is 0 Å². The molecule has 1 aromatic heterocycles. The zero-order valence-corrected chi connectivity index (χ0v) is 12.0. The average Bonchev–Trinajstić information content (AvgIpc) is 3.03. The molecular formula is C15H21N5O. The van der Waals surface area contributed by atoms with E-state index in [1.165, 1.54) is 11.9 Å². The molecule has 6 heteroatoms. The highest BCUT2D eigenvalue weighted by Crippen LogP contribution is 2.04. The van der Waals surface area contributed by atoms with Crippen LogP contribution in [0.3, 0.4) is 0 Å². The first-order chi connectivity index (χ1) is 10.3. The Morgan fingerprint density at radius 2 is 2.10 bits per heavy atom. The smallest absolute Gasteiger partial charge is 0.236 e. The van der Waals surface area contributed by atoms with E-state index in [1.54, 1.807) is 0 Å². The van der Waals surface area contributed by atoms with Gasteiger partial charge < -0.3 is 11.1 Å². The van der Waals surface area contributed by atoms with Crippen molar-refractivity contribution in [3.63, 3.8) is 0 Å². The maximum Gasteiger partial charge on any atom is 0.236 e. The number of amides is 1. The monoisotopic (exact) mass is 287 g/mol. The number of aromatic nitrogens is 3. The highest BCUT2D eigenvalue weighted by molar-refractivity contribution is 5.81. The number of rotatable bonds is 8. The summed E-state index contributed by atoms with van der Waals surface area (Å²) in [7, 11) is 0. The summed E-state index contributed by atoms with van der Waals surface area (Å²) < 4.78 is 0. The Hall–Kier alpha value is -2.21. The van der Waals surface area contributed by atoms with Crippen molar-refractivity contribution in [2.24, 2.45) is 5.73 Å². The van der Waals surface area contributed by atoms with Crippen molar-refractivity contribution in [3.05, 3.63) is 48.0 Å². The van der Waals surface area contributed by atoms with Crippen LogP contribution in [0, 0.1) is 0 Å². The second-order valence-corrected chi connectivity index (χ2v) is 4.96. The zero-order chi connectivity index (χ0) is 14.9. The van der Waals surface area contributed by atoms with Gasteiger partial charge in [-0.05, 0) is 24.8 Å². The van der Waals surface area contributed by atoms with Crippen molar-refractivity contribution in [1.29, 1.82) is 0 Å². The molecular weight excluding hydrogens is 266 g/mol. The number of aryl methyl sites for hydroxylation is 2. The number of hydrogen-bond acceptors (Lipinski definition) is 4. The molecule has 1 unspecified atom stereocenters. The molecule has 1 amide bonds. The molecule has 21 heavy (non-hydrogen) atoms. The fraction of sp³-hybridized carbons (Fsp3) is 0.400. The van der Waals surface area contributed by atoms with Crippen LogP contribution in [0.4, 0.5) is 0 Å². The van der Waals surface area contributed by atoms with E-state index in [0.717, 1.165) is 25.1 Å². The van der Waals surface area contributed by atoms with Gasteiger partial charge >= 0.3 is 0 Å². The topological polar surface area (TPSA) is 96.7 Å². The molecule has 0 aliphatic carbocycles. The van der Waals surface area contributed by atoms with Crippen molar-refractivity contribution < 1.29 is 4.79 Å². The first kappa shape index (κ1) is 15.2. The van der Waals surface area contributed by atoms with Crippen LogP contribution in [0.15, 0.2) is 36.7 Å². The van der Waals surface area contributed by atoms with Crippen LogP contribution in [-0.4, -0.2) is 33.7 Å². The van der Waals surface area contributed by atoms with Gasteiger partial charge in [-0.2, -0.15) is 5.10 Å². The molecule has 112 valence electrons. The first-order valence-electron chi connectivity index (χ1n) is 7.17. The lowest BCUT2D eigenvalue weighted by Crippen LogP contribution is -2.41. The molecule has 1 atom stereocenters. The predicted octanol–water partition coefficient (Wildman–Crippen LogP) is 0.814. The Kier molecular flexibility index (Phi) is 5.90. The predicted molar refractivity (Wildman–Crippen MR) is 80.5 cm³/mol. The molecule has 0 bridgehead atoms. The van der Waals surface area contributed by atoms with Gasteiger partial charge in [0, 0.05) is 13.0 Å². The van der Waals surface area contributed by atoms with Crippen LogP contribution >= 0.6 is 0 Å². The summed E-state index contributed by atoms with van der Waals surface area (Å²) in [5.41, 5.74) is 7.10. The number of carbonyl (C=O) groups is 1. The molecule has 0 aliphatic heterocycles. The van der Waals surface area contributed by atoms with Crippen LogP contribution in [0.5, 0.6) is 0 Å². The van der Waals surface area contributed by atoms with Crippen LogP contribution in [-0.2, 0) is 17.6 Å². The van der Waals surface area contributed by atoms with Gasteiger partial charge in [-0.1, -0.05) is 30.3 Å². The summed E-state index contributed by atoms with van der Waals surface area (Å²) in [6, 6.07) is 9.58. The maximum absolute atomic E-state index is 11.9. The van der Waals surface area contributed by atoms with E-state index in [9.17, 15) is 4.79 Å². The van der Waals surface area contributed by atoms with Gasteiger partial charge in [0.2, 0.25) is 5.91 Å². The van der Waals surface area contributed by atoms with Gasteiger partial charge in [0.1, 0.15) is 12.2 Å².